The average molecular weight is 558 g/mol. The maximum Gasteiger partial charge on any atom is 0.325 e. The van der Waals surface area contributed by atoms with Gasteiger partial charge in [-0.05, 0) is 94.2 Å². The Labute approximate surface area is 237 Å². The minimum Gasteiger partial charge on any atom is -0.493 e. The Balaban J connectivity index is 1.29. The van der Waals surface area contributed by atoms with Crippen LogP contribution < -0.4 is 10.1 Å². The molecule has 2 aliphatic rings. The topological polar surface area (TPSA) is 93.2 Å². The maximum absolute atomic E-state index is 15.0. The lowest BCUT2D eigenvalue weighted by molar-refractivity contribution is -0.143. The number of methoxy groups -OCH3 is 2. The van der Waals surface area contributed by atoms with Crippen LogP contribution in [0.3, 0.4) is 0 Å². The van der Waals surface area contributed by atoms with E-state index in [0.717, 1.165) is 63.0 Å². The molecule has 2 N–H and O–H groups in total. The Morgan fingerprint density at radius 1 is 1.25 bits per heavy atom. The average Bonchev–Trinajstić information content (AvgIpc) is 3.38. The smallest absolute Gasteiger partial charge is 0.325 e. The van der Waals surface area contributed by atoms with Gasteiger partial charge in [0.05, 0.1) is 18.8 Å². The molecule has 1 fully saturated rings. The van der Waals surface area contributed by atoms with E-state index in [-0.39, 0.29) is 17.4 Å². The van der Waals surface area contributed by atoms with E-state index in [2.05, 4.69) is 18.3 Å². The molecule has 0 aliphatic carbocycles. The van der Waals surface area contributed by atoms with Crippen molar-refractivity contribution < 1.29 is 28.5 Å². The van der Waals surface area contributed by atoms with Gasteiger partial charge in [0.25, 0.3) is 0 Å². The molecule has 0 unspecified atom stereocenters. The first kappa shape index (κ1) is 30.2. The number of carboxylic acids is 1. The van der Waals surface area contributed by atoms with Crippen molar-refractivity contribution in [2.24, 2.45) is 0 Å². The van der Waals surface area contributed by atoms with E-state index in [1.807, 2.05) is 18.7 Å². The summed E-state index contributed by atoms with van der Waals surface area (Å²) in [5.74, 6) is -0.640. The van der Waals surface area contributed by atoms with Crippen molar-refractivity contribution in [2.75, 3.05) is 45.8 Å². The van der Waals surface area contributed by atoms with E-state index in [9.17, 15) is 9.90 Å². The molecule has 4 rings (SSSR count). The number of pyridine rings is 1. The number of nitrogens with zero attached hydrogens (tertiary/aromatic N) is 2. The number of nitrogens with one attached hydrogen (secondary N) is 1. The molecule has 0 spiro atoms. The number of fused-ring (bicyclic) bond motifs is 1. The third kappa shape index (κ3) is 6.93. The third-order valence-electron chi connectivity index (χ3n) is 8.28. The quantitative estimate of drug-likeness (QED) is 0.316. The summed E-state index contributed by atoms with van der Waals surface area (Å²) in [5, 5.41) is 13.6. The largest absolute Gasteiger partial charge is 0.493 e. The van der Waals surface area contributed by atoms with Gasteiger partial charge in [0, 0.05) is 44.6 Å². The lowest BCUT2D eigenvalue weighted by Crippen LogP contribution is -2.34. The van der Waals surface area contributed by atoms with Crippen molar-refractivity contribution in [1.82, 2.24) is 9.88 Å². The summed E-state index contributed by atoms with van der Waals surface area (Å²) in [5.41, 5.74) is 3.88. The summed E-state index contributed by atoms with van der Waals surface area (Å²) < 4.78 is 32.0. The molecule has 220 valence electrons. The number of aromatic nitrogens is 1. The normalized spacial score (nSPS) is 18.3. The highest BCUT2D eigenvalue weighted by Crippen LogP contribution is 2.38. The van der Waals surface area contributed by atoms with Gasteiger partial charge in [-0.15, -0.1) is 0 Å². The minimum absolute atomic E-state index is 0.0492. The van der Waals surface area contributed by atoms with Crippen molar-refractivity contribution in [3.05, 3.63) is 52.0 Å². The molecular formula is C31H44FN3O5. The molecule has 40 heavy (non-hydrogen) atoms. The van der Waals surface area contributed by atoms with Gasteiger partial charge in [0.2, 0.25) is 0 Å². The molecule has 1 saturated heterocycles. The van der Waals surface area contributed by atoms with Crippen molar-refractivity contribution >= 4 is 11.8 Å². The molecule has 2 aromatic rings. The highest BCUT2D eigenvalue weighted by Gasteiger charge is 2.37. The summed E-state index contributed by atoms with van der Waals surface area (Å²) >= 11 is 0. The van der Waals surface area contributed by atoms with Crippen LogP contribution in [0.1, 0.15) is 79.9 Å². The van der Waals surface area contributed by atoms with Crippen molar-refractivity contribution in [3.8, 4) is 5.75 Å². The van der Waals surface area contributed by atoms with E-state index in [1.54, 1.807) is 13.2 Å². The number of benzene rings is 1. The summed E-state index contributed by atoms with van der Waals surface area (Å²) in [6.45, 7) is 8.43. The maximum atomic E-state index is 15.0. The van der Waals surface area contributed by atoms with Gasteiger partial charge >= 0.3 is 5.97 Å². The van der Waals surface area contributed by atoms with Crippen LogP contribution in [-0.2, 0) is 32.7 Å². The number of aliphatic carboxylic acids is 1. The van der Waals surface area contributed by atoms with E-state index >= 15 is 4.39 Å². The first-order valence-corrected chi connectivity index (χ1v) is 14.4. The molecule has 0 amide bonds. The van der Waals surface area contributed by atoms with Crippen molar-refractivity contribution in [2.45, 2.75) is 83.5 Å². The number of ether oxygens (including phenoxy) is 3. The molecule has 3 heterocycles. The van der Waals surface area contributed by atoms with Crippen LogP contribution in [0.4, 0.5) is 10.2 Å². The molecule has 0 saturated carbocycles. The SMILES string of the molecule is COc1c(F)cc(C(C)(C)OC)cc1[C@@H](C(=O)O)N1CC[C@@H](OCCCCCc2cc(C)c3c(n2)NCCC3)C1. The van der Waals surface area contributed by atoms with Crippen LogP contribution in [0.15, 0.2) is 18.2 Å². The molecule has 9 heteroatoms. The van der Waals surface area contributed by atoms with E-state index < -0.39 is 23.4 Å². The number of unbranched alkanes of at least 4 members (excludes halogenated alkanes) is 2. The number of halogens is 1. The zero-order valence-corrected chi connectivity index (χ0v) is 24.5. The Morgan fingerprint density at radius 3 is 2.77 bits per heavy atom. The Morgan fingerprint density at radius 2 is 2.05 bits per heavy atom. The zero-order chi connectivity index (χ0) is 28.9. The molecule has 8 nitrogen and oxygen atoms in total. The number of carbonyl (C=O) groups is 1. The number of carboxylic acid groups (broad SMARTS) is 1. The number of rotatable bonds is 13. The van der Waals surface area contributed by atoms with Gasteiger partial charge in [0.1, 0.15) is 11.9 Å². The summed E-state index contributed by atoms with van der Waals surface area (Å²) in [4.78, 5) is 19.1. The predicted octanol–water partition coefficient (Wildman–Crippen LogP) is 5.41. The molecular weight excluding hydrogens is 513 g/mol. The second-order valence-corrected chi connectivity index (χ2v) is 11.4. The molecule has 0 bridgehead atoms. The number of aryl methyl sites for hydroxylation is 2. The molecule has 2 atom stereocenters. The summed E-state index contributed by atoms with van der Waals surface area (Å²) in [7, 11) is 2.90. The standard InChI is InChI=1S/C31H44FN3O5/c1-20-16-22(34-29-24(20)11-9-13-33-29)10-7-6-8-15-40-23-12-14-35(19-23)27(30(36)37)25-17-21(31(2,3)39-5)18-26(32)28(25)38-4/h16-18,23,27H,6-15,19H2,1-5H3,(H,33,34)(H,36,37)/t23-,27+/m1/s1. The van der Waals surface area contributed by atoms with Gasteiger partial charge < -0.3 is 24.6 Å². The van der Waals surface area contributed by atoms with Crippen LogP contribution in [0.2, 0.25) is 0 Å². The zero-order valence-electron chi connectivity index (χ0n) is 24.5. The first-order chi connectivity index (χ1) is 19.1. The number of anilines is 1. The highest BCUT2D eigenvalue weighted by molar-refractivity contribution is 5.77. The van der Waals surface area contributed by atoms with E-state index in [4.69, 9.17) is 19.2 Å². The Kier molecular flexibility index (Phi) is 10.0. The molecule has 1 aromatic carbocycles. The third-order valence-corrected chi connectivity index (χ3v) is 8.28. The Hall–Kier alpha value is -2.75. The van der Waals surface area contributed by atoms with Crippen LogP contribution in [0.25, 0.3) is 0 Å². The fourth-order valence-corrected chi connectivity index (χ4v) is 5.77. The van der Waals surface area contributed by atoms with Crippen LogP contribution in [-0.4, -0.2) is 67.5 Å². The minimum atomic E-state index is -1.05. The summed E-state index contributed by atoms with van der Waals surface area (Å²) in [6.07, 6.45) is 6.91. The van der Waals surface area contributed by atoms with E-state index in [0.29, 0.717) is 25.3 Å². The summed E-state index contributed by atoms with van der Waals surface area (Å²) in [6, 6.07) is 4.21. The number of hydrogen-bond acceptors (Lipinski definition) is 7. The second kappa shape index (κ2) is 13.3. The second-order valence-electron chi connectivity index (χ2n) is 11.4. The van der Waals surface area contributed by atoms with Crippen molar-refractivity contribution in [3.63, 3.8) is 0 Å². The Bertz CT molecular complexity index is 1190. The highest BCUT2D eigenvalue weighted by atomic mass is 19.1. The van der Waals surface area contributed by atoms with Gasteiger partial charge in [-0.2, -0.15) is 0 Å². The van der Waals surface area contributed by atoms with Crippen LogP contribution >= 0.6 is 0 Å². The lowest BCUT2D eigenvalue weighted by atomic mass is 9.92. The van der Waals surface area contributed by atoms with E-state index in [1.165, 1.54) is 24.3 Å². The first-order valence-electron chi connectivity index (χ1n) is 14.4. The fourth-order valence-electron chi connectivity index (χ4n) is 5.77. The van der Waals surface area contributed by atoms with Gasteiger partial charge in [-0.1, -0.05) is 6.42 Å². The monoisotopic (exact) mass is 557 g/mol. The molecule has 2 aliphatic heterocycles. The van der Waals surface area contributed by atoms with Crippen LogP contribution in [0.5, 0.6) is 5.75 Å². The lowest BCUT2D eigenvalue weighted by Gasteiger charge is -2.29. The van der Waals surface area contributed by atoms with Gasteiger partial charge in [0.15, 0.2) is 11.6 Å². The van der Waals surface area contributed by atoms with Crippen LogP contribution in [0, 0.1) is 12.7 Å². The van der Waals surface area contributed by atoms with Gasteiger partial charge in [-0.3, -0.25) is 9.69 Å². The molecule has 0 radical (unpaired) electrons. The van der Waals surface area contributed by atoms with Crippen molar-refractivity contribution in [1.29, 1.82) is 0 Å². The van der Waals surface area contributed by atoms with Gasteiger partial charge in [-0.25, -0.2) is 9.37 Å². The number of hydrogen-bond donors (Lipinski definition) is 2. The number of likely N-dealkylation sites (tertiary alicyclic amines) is 1. The molecule has 1 aromatic heterocycles. The fraction of sp³-hybridized carbons (Fsp3) is 0.613. The predicted molar refractivity (Wildman–Crippen MR) is 153 cm³/mol.